The molecule has 2 rings (SSSR count). The number of hydrogen-bond donors (Lipinski definition) is 1. The summed E-state index contributed by atoms with van der Waals surface area (Å²) in [5.74, 6) is 1.49. The number of aromatic nitrogens is 2. The molecule has 2 heterocycles. The summed E-state index contributed by atoms with van der Waals surface area (Å²) in [6.07, 6.45) is 2.38. The topological polar surface area (TPSA) is 79.5 Å². The normalized spacial score (nSPS) is 19.7. The minimum absolute atomic E-state index is 0.287. The van der Waals surface area contributed by atoms with E-state index in [1.54, 1.807) is 0 Å². The lowest BCUT2D eigenvalue weighted by molar-refractivity contribution is 0.163. The highest BCUT2D eigenvalue weighted by molar-refractivity contribution is 5.51. The molecule has 1 atom stereocenters. The maximum Gasteiger partial charge on any atom is 0.262 e. The summed E-state index contributed by atoms with van der Waals surface area (Å²) in [7, 11) is 1.51. The van der Waals surface area contributed by atoms with Gasteiger partial charge in [-0.1, -0.05) is 0 Å². The summed E-state index contributed by atoms with van der Waals surface area (Å²) in [6, 6.07) is 0. The smallest absolute Gasteiger partial charge is 0.262 e. The molecule has 16 heavy (non-hydrogen) atoms. The molecule has 1 aliphatic rings. The largest absolute Gasteiger partial charge is 0.489 e. The number of hydrogen-bond acceptors (Lipinski definition) is 6. The van der Waals surface area contributed by atoms with E-state index in [1.807, 2.05) is 0 Å². The molecule has 88 valence electrons. The molecular formula is C10H15N3O3. The van der Waals surface area contributed by atoms with Crippen LogP contribution in [0.2, 0.25) is 0 Å². The molecule has 1 unspecified atom stereocenters. The third-order valence-electron chi connectivity index (χ3n) is 2.48. The van der Waals surface area contributed by atoms with Crippen LogP contribution >= 0.6 is 0 Å². The molecule has 1 fully saturated rings. The first kappa shape index (κ1) is 10.9. The van der Waals surface area contributed by atoms with Crippen LogP contribution < -0.4 is 15.2 Å². The monoisotopic (exact) mass is 225 g/mol. The minimum Gasteiger partial charge on any atom is -0.489 e. The van der Waals surface area contributed by atoms with Crippen LogP contribution in [0.1, 0.15) is 6.42 Å². The second-order valence-electron chi connectivity index (χ2n) is 3.64. The van der Waals surface area contributed by atoms with Gasteiger partial charge in [-0.15, -0.1) is 0 Å². The summed E-state index contributed by atoms with van der Waals surface area (Å²) in [4.78, 5) is 7.82. The second-order valence-corrected chi connectivity index (χ2v) is 3.64. The first-order valence-corrected chi connectivity index (χ1v) is 5.16. The van der Waals surface area contributed by atoms with Crippen LogP contribution in [-0.2, 0) is 4.74 Å². The molecule has 0 radical (unpaired) electrons. The molecule has 0 aromatic carbocycles. The Hall–Kier alpha value is -1.56. The van der Waals surface area contributed by atoms with Crippen molar-refractivity contribution < 1.29 is 14.2 Å². The van der Waals surface area contributed by atoms with Gasteiger partial charge in [-0.2, -0.15) is 4.98 Å². The van der Waals surface area contributed by atoms with Crippen LogP contribution in [0, 0.1) is 5.92 Å². The van der Waals surface area contributed by atoms with Crippen LogP contribution in [0.3, 0.4) is 0 Å². The van der Waals surface area contributed by atoms with Crippen LogP contribution in [0.5, 0.6) is 11.6 Å². The second kappa shape index (κ2) is 4.98. The lowest BCUT2D eigenvalue weighted by Gasteiger charge is -2.12. The number of anilines is 1. The average molecular weight is 225 g/mol. The zero-order chi connectivity index (χ0) is 11.4. The first-order chi connectivity index (χ1) is 7.81. The van der Waals surface area contributed by atoms with Crippen molar-refractivity contribution in [1.29, 1.82) is 0 Å². The molecule has 0 aliphatic carbocycles. The number of ether oxygens (including phenoxy) is 3. The van der Waals surface area contributed by atoms with Crippen molar-refractivity contribution in [3.8, 4) is 11.6 Å². The van der Waals surface area contributed by atoms with Crippen molar-refractivity contribution in [2.75, 3.05) is 32.7 Å². The molecule has 0 spiro atoms. The third-order valence-corrected chi connectivity index (χ3v) is 2.48. The van der Waals surface area contributed by atoms with Gasteiger partial charge < -0.3 is 19.9 Å². The van der Waals surface area contributed by atoms with Crippen molar-refractivity contribution in [3.05, 3.63) is 6.33 Å². The number of nitrogen functional groups attached to an aromatic ring is 1. The molecule has 1 saturated heterocycles. The summed E-state index contributed by atoms with van der Waals surface area (Å²) in [5.41, 5.74) is 5.63. The molecule has 1 aliphatic heterocycles. The number of nitrogens with zero attached hydrogens (tertiary/aromatic N) is 2. The molecule has 6 heteroatoms. The van der Waals surface area contributed by atoms with Crippen molar-refractivity contribution in [3.63, 3.8) is 0 Å². The van der Waals surface area contributed by atoms with E-state index in [2.05, 4.69) is 9.97 Å². The molecule has 1 aromatic rings. The van der Waals surface area contributed by atoms with Gasteiger partial charge >= 0.3 is 0 Å². The Morgan fingerprint density at radius 1 is 1.56 bits per heavy atom. The summed E-state index contributed by atoms with van der Waals surface area (Å²) >= 11 is 0. The van der Waals surface area contributed by atoms with Gasteiger partial charge in [0.15, 0.2) is 5.82 Å². The molecule has 6 nitrogen and oxygen atoms in total. The highest BCUT2D eigenvalue weighted by Gasteiger charge is 2.18. The van der Waals surface area contributed by atoms with Crippen molar-refractivity contribution in [2.45, 2.75) is 6.42 Å². The van der Waals surface area contributed by atoms with Crippen LogP contribution in [0.25, 0.3) is 0 Å². The summed E-state index contributed by atoms with van der Waals surface area (Å²) < 4.78 is 15.9. The standard InChI is InChI=1S/C10H15N3O3/c1-14-8-9(11)12-6-13-10(8)16-5-7-2-3-15-4-7/h6-7H,2-5H2,1H3,(H2,11,12,13). The van der Waals surface area contributed by atoms with E-state index >= 15 is 0 Å². The van der Waals surface area contributed by atoms with Gasteiger partial charge in [-0.25, -0.2) is 4.98 Å². The van der Waals surface area contributed by atoms with Gasteiger partial charge in [0.2, 0.25) is 5.75 Å². The molecule has 1 aromatic heterocycles. The molecule has 0 amide bonds. The van der Waals surface area contributed by atoms with Crippen molar-refractivity contribution >= 4 is 5.82 Å². The average Bonchev–Trinajstić information content (AvgIpc) is 2.79. The zero-order valence-corrected chi connectivity index (χ0v) is 9.18. The Morgan fingerprint density at radius 3 is 3.12 bits per heavy atom. The molecular weight excluding hydrogens is 210 g/mol. The highest BCUT2D eigenvalue weighted by Crippen LogP contribution is 2.29. The maximum atomic E-state index is 5.63. The Bertz CT molecular complexity index is 353. The first-order valence-electron chi connectivity index (χ1n) is 5.16. The van der Waals surface area contributed by atoms with Gasteiger partial charge in [-0.3, -0.25) is 0 Å². The lowest BCUT2D eigenvalue weighted by Crippen LogP contribution is -2.13. The Morgan fingerprint density at radius 2 is 2.44 bits per heavy atom. The van der Waals surface area contributed by atoms with E-state index in [0.717, 1.165) is 19.6 Å². The van der Waals surface area contributed by atoms with E-state index in [9.17, 15) is 0 Å². The van der Waals surface area contributed by atoms with Crippen LogP contribution in [-0.4, -0.2) is 36.9 Å². The predicted octanol–water partition coefficient (Wildman–Crippen LogP) is 0.483. The fourth-order valence-electron chi connectivity index (χ4n) is 1.58. The Labute approximate surface area is 93.7 Å². The van der Waals surface area contributed by atoms with E-state index in [4.69, 9.17) is 19.9 Å². The van der Waals surface area contributed by atoms with Crippen LogP contribution in [0.15, 0.2) is 6.33 Å². The third kappa shape index (κ3) is 2.33. The van der Waals surface area contributed by atoms with Gasteiger partial charge in [0.1, 0.15) is 6.33 Å². The maximum absolute atomic E-state index is 5.63. The number of rotatable bonds is 4. The van der Waals surface area contributed by atoms with Gasteiger partial charge in [0, 0.05) is 12.5 Å². The fraction of sp³-hybridized carbons (Fsp3) is 0.600. The summed E-state index contributed by atoms with van der Waals surface area (Å²) in [5, 5.41) is 0. The number of methoxy groups -OCH3 is 1. The predicted molar refractivity (Wildman–Crippen MR) is 57.4 cm³/mol. The van der Waals surface area contributed by atoms with Crippen molar-refractivity contribution in [2.24, 2.45) is 5.92 Å². The van der Waals surface area contributed by atoms with Gasteiger partial charge in [0.05, 0.1) is 20.3 Å². The van der Waals surface area contributed by atoms with Crippen molar-refractivity contribution in [1.82, 2.24) is 9.97 Å². The van der Waals surface area contributed by atoms with E-state index in [0.29, 0.717) is 24.2 Å². The lowest BCUT2D eigenvalue weighted by atomic mass is 10.1. The van der Waals surface area contributed by atoms with E-state index < -0.39 is 0 Å². The van der Waals surface area contributed by atoms with E-state index in [1.165, 1.54) is 13.4 Å². The molecule has 2 N–H and O–H groups in total. The SMILES string of the molecule is COc1c(N)ncnc1OCC1CCOC1. The summed E-state index contributed by atoms with van der Waals surface area (Å²) in [6.45, 7) is 2.10. The van der Waals surface area contributed by atoms with E-state index in [-0.39, 0.29) is 5.82 Å². The quantitative estimate of drug-likeness (QED) is 0.803. The molecule has 0 saturated carbocycles. The fourth-order valence-corrected chi connectivity index (χ4v) is 1.58. The van der Waals surface area contributed by atoms with Gasteiger partial charge in [0.25, 0.3) is 5.88 Å². The van der Waals surface area contributed by atoms with Crippen LogP contribution in [0.4, 0.5) is 5.82 Å². The number of nitrogens with two attached hydrogens (primary N) is 1. The molecule has 0 bridgehead atoms. The Balaban J connectivity index is 2.00. The minimum atomic E-state index is 0.287. The van der Waals surface area contributed by atoms with Gasteiger partial charge in [-0.05, 0) is 6.42 Å². The highest BCUT2D eigenvalue weighted by atomic mass is 16.5. The zero-order valence-electron chi connectivity index (χ0n) is 9.18. The Kier molecular flexibility index (Phi) is 3.40.